The highest BCUT2D eigenvalue weighted by Gasteiger charge is 2.17. The van der Waals surface area contributed by atoms with Gasteiger partial charge in [0.05, 0.1) is 0 Å². The third kappa shape index (κ3) is 3.91. The summed E-state index contributed by atoms with van der Waals surface area (Å²) < 4.78 is 6.81. The van der Waals surface area contributed by atoms with Crippen LogP contribution in [0.3, 0.4) is 0 Å². The third-order valence-electron chi connectivity index (χ3n) is 3.74. The van der Waals surface area contributed by atoms with Gasteiger partial charge in [0.25, 0.3) is 0 Å². The van der Waals surface area contributed by atoms with Crippen LogP contribution in [0.15, 0.2) is 59.3 Å². The molecular weight excluding hydrogens is 380 g/mol. The molecule has 2 aromatic carbocycles. The fourth-order valence-electron chi connectivity index (χ4n) is 2.53. The van der Waals surface area contributed by atoms with E-state index in [0.717, 1.165) is 16.7 Å². The van der Waals surface area contributed by atoms with Gasteiger partial charge < -0.3 is 15.4 Å². The van der Waals surface area contributed by atoms with Crippen molar-refractivity contribution in [3.05, 3.63) is 64.9 Å². The van der Waals surface area contributed by atoms with Gasteiger partial charge in [-0.2, -0.15) is 4.98 Å². The minimum atomic E-state index is 0.346. The predicted octanol–water partition coefficient (Wildman–Crippen LogP) is 5.08. The molecule has 25 heavy (non-hydrogen) atoms. The second-order valence-corrected chi connectivity index (χ2v) is 6.47. The minimum absolute atomic E-state index is 0.346. The number of hydrogen-bond donors (Lipinski definition) is 1. The molecule has 0 unspecified atom stereocenters. The first-order chi connectivity index (χ1) is 12.1. The van der Waals surface area contributed by atoms with Crippen molar-refractivity contribution in [3.63, 3.8) is 0 Å². The molecule has 0 saturated carbocycles. The van der Waals surface area contributed by atoms with E-state index in [2.05, 4.69) is 51.9 Å². The molecule has 0 aliphatic carbocycles. The number of anilines is 3. The molecule has 0 bridgehead atoms. The maximum Gasteiger partial charge on any atom is 0.248 e. The van der Waals surface area contributed by atoms with Crippen molar-refractivity contribution in [1.82, 2.24) is 9.97 Å². The average Bonchev–Trinajstić information content (AvgIpc) is 2.61. The van der Waals surface area contributed by atoms with Crippen LogP contribution in [-0.4, -0.2) is 16.5 Å². The lowest BCUT2D eigenvalue weighted by molar-refractivity contribution is 0.464. The van der Waals surface area contributed by atoms with Crippen molar-refractivity contribution in [2.45, 2.75) is 13.8 Å². The molecule has 0 fully saturated rings. The Morgan fingerprint density at radius 2 is 1.88 bits per heavy atom. The Morgan fingerprint density at radius 3 is 2.56 bits per heavy atom. The van der Waals surface area contributed by atoms with Crippen molar-refractivity contribution < 1.29 is 4.74 Å². The number of halogens is 1. The monoisotopic (exact) mass is 398 g/mol. The average molecular weight is 399 g/mol. The molecule has 1 heterocycles. The summed E-state index contributed by atoms with van der Waals surface area (Å²) in [5, 5.41) is 0. The zero-order valence-corrected chi connectivity index (χ0v) is 15.7. The quantitative estimate of drug-likeness (QED) is 0.648. The van der Waals surface area contributed by atoms with Gasteiger partial charge in [0.1, 0.15) is 17.8 Å². The van der Waals surface area contributed by atoms with Gasteiger partial charge in [-0.1, -0.05) is 28.1 Å². The number of hydrogen-bond acceptors (Lipinski definition) is 5. The number of rotatable bonds is 5. The summed E-state index contributed by atoms with van der Waals surface area (Å²) in [6, 6.07) is 15.7. The standard InChI is InChI=1S/C19H19BrN4O/c1-3-24(15-6-4-5-13(2)11-15)18-17(21)19(23-12-22-18)25-16-9-7-14(20)8-10-16/h4-12H,3,21H2,1-2H3. The highest BCUT2D eigenvalue weighted by molar-refractivity contribution is 9.10. The van der Waals surface area contributed by atoms with Crippen LogP contribution in [0.25, 0.3) is 0 Å². The molecule has 0 radical (unpaired) electrons. The van der Waals surface area contributed by atoms with Crippen molar-refractivity contribution in [1.29, 1.82) is 0 Å². The first kappa shape index (κ1) is 17.2. The van der Waals surface area contributed by atoms with Crippen LogP contribution in [0.1, 0.15) is 12.5 Å². The highest BCUT2D eigenvalue weighted by Crippen LogP contribution is 2.35. The molecule has 2 N–H and O–H groups in total. The lowest BCUT2D eigenvalue weighted by Crippen LogP contribution is -2.19. The topological polar surface area (TPSA) is 64.3 Å². The van der Waals surface area contributed by atoms with E-state index in [9.17, 15) is 0 Å². The van der Waals surface area contributed by atoms with Gasteiger partial charge in [-0.05, 0) is 55.8 Å². The minimum Gasteiger partial charge on any atom is -0.437 e. The molecule has 0 amide bonds. The van der Waals surface area contributed by atoms with Crippen molar-refractivity contribution in [2.24, 2.45) is 0 Å². The molecule has 0 spiro atoms. The van der Waals surface area contributed by atoms with E-state index in [0.29, 0.717) is 23.1 Å². The molecule has 0 atom stereocenters. The fourth-order valence-corrected chi connectivity index (χ4v) is 2.80. The summed E-state index contributed by atoms with van der Waals surface area (Å²) >= 11 is 3.40. The van der Waals surface area contributed by atoms with Crippen LogP contribution in [0, 0.1) is 6.92 Å². The number of nitrogens with zero attached hydrogens (tertiary/aromatic N) is 3. The summed E-state index contributed by atoms with van der Waals surface area (Å²) in [6.45, 7) is 4.84. The SMILES string of the molecule is CCN(c1cccc(C)c1)c1ncnc(Oc2ccc(Br)cc2)c1N. The van der Waals surface area contributed by atoms with E-state index in [-0.39, 0.29) is 0 Å². The number of ether oxygens (including phenoxy) is 1. The number of aryl methyl sites for hydroxylation is 1. The normalized spacial score (nSPS) is 10.5. The zero-order chi connectivity index (χ0) is 17.8. The van der Waals surface area contributed by atoms with Crippen molar-refractivity contribution in [2.75, 3.05) is 17.2 Å². The molecule has 1 aromatic heterocycles. The van der Waals surface area contributed by atoms with Crippen LogP contribution in [0.2, 0.25) is 0 Å². The molecule has 0 aliphatic heterocycles. The summed E-state index contributed by atoms with van der Waals surface area (Å²) in [5.74, 6) is 1.65. The van der Waals surface area contributed by atoms with Crippen LogP contribution in [0.5, 0.6) is 11.6 Å². The Bertz CT molecular complexity index is 868. The molecule has 3 rings (SSSR count). The van der Waals surface area contributed by atoms with Gasteiger partial charge in [-0.25, -0.2) is 4.98 Å². The second-order valence-electron chi connectivity index (χ2n) is 5.56. The molecule has 3 aromatic rings. The molecular formula is C19H19BrN4O. The summed E-state index contributed by atoms with van der Waals surface area (Å²) in [6.07, 6.45) is 1.47. The van der Waals surface area contributed by atoms with E-state index < -0.39 is 0 Å². The Hall–Kier alpha value is -2.60. The Balaban J connectivity index is 1.95. The second kappa shape index (κ2) is 7.53. The van der Waals surface area contributed by atoms with E-state index >= 15 is 0 Å². The van der Waals surface area contributed by atoms with Crippen molar-refractivity contribution in [3.8, 4) is 11.6 Å². The lowest BCUT2D eigenvalue weighted by Gasteiger charge is -2.24. The number of nitrogen functional groups attached to an aromatic ring is 1. The Labute approximate surface area is 155 Å². The molecule has 5 nitrogen and oxygen atoms in total. The summed E-state index contributed by atoms with van der Waals surface area (Å²) in [5.41, 5.74) is 8.93. The summed E-state index contributed by atoms with van der Waals surface area (Å²) in [7, 11) is 0. The molecule has 0 saturated heterocycles. The van der Waals surface area contributed by atoms with Gasteiger partial charge in [0.15, 0.2) is 5.82 Å². The maximum atomic E-state index is 6.31. The van der Waals surface area contributed by atoms with Gasteiger partial charge in [0, 0.05) is 16.7 Å². The van der Waals surface area contributed by atoms with Gasteiger partial charge >= 0.3 is 0 Å². The van der Waals surface area contributed by atoms with E-state index in [4.69, 9.17) is 10.5 Å². The van der Waals surface area contributed by atoms with Gasteiger partial charge in [-0.15, -0.1) is 0 Å². The largest absolute Gasteiger partial charge is 0.437 e. The zero-order valence-electron chi connectivity index (χ0n) is 14.1. The van der Waals surface area contributed by atoms with Crippen LogP contribution < -0.4 is 15.4 Å². The van der Waals surface area contributed by atoms with E-state index in [1.54, 1.807) is 0 Å². The Morgan fingerprint density at radius 1 is 1.12 bits per heavy atom. The number of benzene rings is 2. The first-order valence-electron chi connectivity index (χ1n) is 7.96. The van der Waals surface area contributed by atoms with Gasteiger partial charge in [-0.3, -0.25) is 0 Å². The van der Waals surface area contributed by atoms with Crippen molar-refractivity contribution >= 4 is 33.1 Å². The van der Waals surface area contributed by atoms with Crippen LogP contribution in [-0.2, 0) is 0 Å². The lowest BCUT2D eigenvalue weighted by atomic mass is 10.2. The molecule has 0 aliphatic rings. The molecule has 6 heteroatoms. The molecule has 128 valence electrons. The van der Waals surface area contributed by atoms with Crippen LogP contribution in [0.4, 0.5) is 17.2 Å². The number of nitrogens with two attached hydrogens (primary N) is 1. The van der Waals surface area contributed by atoms with Gasteiger partial charge in [0.2, 0.25) is 5.88 Å². The first-order valence-corrected chi connectivity index (χ1v) is 8.76. The third-order valence-corrected chi connectivity index (χ3v) is 4.27. The maximum absolute atomic E-state index is 6.31. The highest BCUT2D eigenvalue weighted by atomic mass is 79.9. The fraction of sp³-hybridized carbons (Fsp3) is 0.158. The van der Waals surface area contributed by atoms with E-state index in [1.807, 2.05) is 41.3 Å². The summed E-state index contributed by atoms with van der Waals surface area (Å²) in [4.78, 5) is 10.6. The Kier molecular flexibility index (Phi) is 5.19. The predicted molar refractivity (Wildman–Crippen MR) is 105 cm³/mol. The van der Waals surface area contributed by atoms with Crippen LogP contribution >= 0.6 is 15.9 Å². The van der Waals surface area contributed by atoms with E-state index in [1.165, 1.54) is 11.9 Å². The number of aromatic nitrogens is 2. The smallest absolute Gasteiger partial charge is 0.248 e.